The smallest absolute Gasteiger partial charge is 0.265 e. The van der Waals surface area contributed by atoms with Gasteiger partial charge in [-0.1, -0.05) is 26.0 Å². The number of carbonyl (C=O) groups is 1. The van der Waals surface area contributed by atoms with Crippen LogP contribution in [0.25, 0.3) is 0 Å². The lowest BCUT2D eigenvalue weighted by molar-refractivity contribution is -0.122. The molecule has 0 aliphatic heterocycles. The van der Waals surface area contributed by atoms with Gasteiger partial charge in [0.15, 0.2) is 17.7 Å². The highest BCUT2D eigenvalue weighted by Gasteiger charge is 2.19. The Bertz CT molecular complexity index is 671. The molecule has 0 unspecified atom stereocenters. The van der Waals surface area contributed by atoms with E-state index < -0.39 is 23.6 Å². The molecule has 2 aromatic rings. The van der Waals surface area contributed by atoms with Crippen LogP contribution in [0.3, 0.4) is 0 Å². The summed E-state index contributed by atoms with van der Waals surface area (Å²) in [6, 6.07) is 10.7. The molecule has 1 atom stereocenters. The molecule has 0 saturated heterocycles. The topological polar surface area (TPSA) is 38.3 Å². The molecule has 5 heteroatoms. The van der Waals surface area contributed by atoms with E-state index in [-0.39, 0.29) is 5.69 Å². The Morgan fingerprint density at radius 2 is 1.78 bits per heavy atom. The normalized spacial score (nSPS) is 11.8. The molecule has 3 nitrogen and oxygen atoms in total. The highest BCUT2D eigenvalue weighted by molar-refractivity contribution is 5.94. The average molecular weight is 319 g/mol. The van der Waals surface area contributed by atoms with Crippen LogP contribution in [0.2, 0.25) is 0 Å². The van der Waals surface area contributed by atoms with Crippen molar-refractivity contribution < 1.29 is 18.3 Å². The van der Waals surface area contributed by atoms with Crippen molar-refractivity contribution in [3.8, 4) is 5.75 Å². The van der Waals surface area contributed by atoms with E-state index in [0.29, 0.717) is 12.2 Å². The number of aryl methyl sites for hydroxylation is 1. The number of benzene rings is 2. The van der Waals surface area contributed by atoms with Crippen molar-refractivity contribution in [3.63, 3.8) is 0 Å². The summed E-state index contributed by atoms with van der Waals surface area (Å²) in [5, 5.41) is 2.53. The summed E-state index contributed by atoms with van der Waals surface area (Å²) >= 11 is 0. The third-order valence-corrected chi connectivity index (χ3v) is 3.46. The number of hydrogen-bond donors (Lipinski definition) is 1. The van der Waals surface area contributed by atoms with E-state index in [2.05, 4.69) is 12.2 Å². The number of carbonyl (C=O) groups excluding carboxylic acids is 1. The molecule has 122 valence electrons. The van der Waals surface area contributed by atoms with Crippen LogP contribution >= 0.6 is 0 Å². The molecule has 2 rings (SSSR count). The molecule has 0 radical (unpaired) electrons. The summed E-state index contributed by atoms with van der Waals surface area (Å²) in [7, 11) is 0. The maximum atomic E-state index is 13.2. The van der Waals surface area contributed by atoms with Crippen molar-refractivity contribution in [3.05, 3.63) is 59.7 Å². The standard InChI is InChI=1S/C18H19F2NO2/c1-3-12-5-8-14(9-6-12)23-17(4-2)18(22)21-13-7-10-15(19)16(20)11-13/h5-11,17H,3-4H2,1-2H3,(H,21,22)/t17-/m1/s1. The van der Waals surface area contributed by atoms with E-state index in [4.69, 9.17) is 4.74 Å². The lowest BCUT2D eigenvalue weighted by Gasteiger charge is -2.17. The molecule has 0 heterocycles. The van der Waals surface area contributed by atoms with Crippen molar-refractivity contribution >= 4 is 11.6 Å². The predicted octanol–water partition coefficient (Wildman–Crippen LogP) is 4.32. The largest absolute Gasteiger partial charge is 0.481 e. The van der Waals surface area contributed by atoms with Gasteiger partial charge in [0.2, 0.25) is 0 Å². The minimum atomic E-state index is -1.01. The van der Waals surface area contributed by atoms with Crippen molar-refractivity contribution in [2.24, 2.45) is 0 Å². The number of ether oxygens (including phenoxy) is 1. The highest BCUT2D eigenvalue weighted by Crippen LogP contribution is 2.18. The molecule has 2 aromatic carbocycles. The van der Waals surface area contributed by atoms with E-state index in [1.807, 2.05) is 31.2 Å². The number of amides is 1. The third-order valence-electron chi connectivity index (χ3n) is 3.46. The average Bonchev–Trinajstić information content (AvgIpc) is 2.56. The zero-order valence-corrected chi connectivity index (χ0v) is 13.1. The zero-order chi connectivity index (χ0) is 16.8. The molecule has 0 spiro atoms. The van der Waals surface area contributed by atoms with Gasteiger partial charge in [0.1, 0.15) is 5.75 Å². The Balaban J connectivity index is 2.03. The Kier molecular flexibility index (Phi) is 5.68. The first-order valence-corrected chi connectivity index (χ1v) is 7.55. The lowest BCUT2D eigenvalue weighted by atomic mass is 10.1. The minimum absolute atomic E-state index is 0.192. The van der Waals surface area contributed by atoms with Crippen LogP contribution in [-0.4, -0.2) is 12.0 Å². The Morgan fingerprint density at radius 1 is 1.09 bits per heavy atom. The summed E-state index contributed by atoms with van der Waals surface area (Å²) < 4.78 is 31.7. The van der Waals surface area contributed by atoms with E-state index >= 15 is 0 Å². The van der Waals surface area contributed by atoms with Gasteiger partial charge in [-0.25, -0.2) is 8.78 Å². The fourth-order valence-corrected chi connectivity index (χ4v) is 2.09. The van der Waals surface area contributed by atoms with E-state index in [0.717, 1.165) is 18.6 Å². The van der Waals surface area contributed by atoms with Gasteiger partial charge in [-0.05, 0) is 42.7 Å². The van der Waals surface area contributed by atoms with E-state index in [1.165, 1.54) is 11.6 Å². The van der Waals surface area contributed by atoms with Crippen LogP contribution in [0.5, 0.6) is 5.75 Å². The van der Waals surface area contributed by atoms with Crippen molar-refractivity contribution in [1.29, 1.82) is 0 Å². The van der Waals surface area contributed by atoms with Crippen LogP contribution in [0, 0.1) is 11.6 Å². The van der Waals surface area contributed by atoms with Gasteiger partial charge in [0.25, 0.3) is 5.91 Å². The molecule has 0 fully saturated rings. The summed E-state index contributed by atoms with van der Waals surface area (Å²) in [6.45, 7) is 3.87. The second kappa shape index (κ2) is 7.72. The van der Waals surface area contributed by atoms with Crippen molar-refractivity contribution in [2.75, 3.05) is 5.32 Å². The zero-order valence-electron chi connectivity index (χ0n) is 13.1. The number of anilines is 1. The molecule has 23 heavy (non-hydrogen) atoms. The molecule has 0 saturated carbocycles. The first-order chi connectivity index (χ1) is 11.0. The van der Waals surface area contributed by atoms with Crippen molar-refractivity contribution in [2.45, 2.75) is 32.8 Å². The molecule has 0 aliphatic carbocycles. The van der Waals surface area contributed by atoms with Crippen LogP contribution < -0.4 is 10.1 Å². The molecule has 1 amide bonds. The first kappa shape index (κ1) is 16.9. The third kappa shape index (κ3) is 4.52. The molecule has 0 aliphatic rings. The quantitative estimate of drug-likeness (QED) is 0.861. The van der Waals surface area contributed by atoms with Gasteiger partial charge in [0.05, 0.1) is 0 Å². The Labute approximate surface area is 134 Å². The molecular formula is C18H19F2NO2. The van der Waals surface area contributed by atoms with Crippen molar-refractivity contribution in [1.82, 2.24) is 0 Å². The number of hydrogen-bond acceptors (Lipinski definition) is 2. The number of nitrogens with one attached hydrogen (secondary N) is 1. The summed E-state index contributed by atoms with van der Waals surface area (Å²) in [5.74, 6) is -1.78. The predicted molar refractivity (Wildman–Crippen MR) is 85.5 cm³/mol. The SMILES string of the molecule is CCc1ccc(O[C@H](CC)C(=O)Nc2ccc(F)c(F)c2)cc1. The maximum Gasteiger partial charge on any atom is 0.265 e. The van der Waals surface area contributed by atoms with Crippen LogP contribution in [0.15, 0.2) is 42.5 Å². The lowest BCUT2D eigenvalue weighted by Crippen LogP contribution is -2.32. The van der Waals surface area contributed by atoms with Gasteiger partial charge in [-0.3, -0.25) is 4.79 Å². The van der Waals surface area contributed by atoms with Gasteiger partial charge in [-0.15, -0.1) is 0 Å². The van der Waals surface area contributed by atoms with Gasteiger partial charge in [0, 0.05) is 11.8 Å². The summed E-state index contributed by atoms with van der Waals surface area (Å²) in [4.78, 5) is 12.2. The maximum absolute atomic E-state index is 13.2. The molecular weight excluding hydrogens is 300 g/mol. The van der Waals surface area contributed by atoms with Gasteiger partial charge < -0.3 is 10.1 Å². The van der Waals surface area contributed by atoms with Crippen LogP contribution in [0.4, 0.5) is 14.5 Å². The van der Waals surface area contributed by atoms with E-state index in [1.54, 1.807) is 0 Å². The number of rotatable bonds is 6. The minimum Gasteiger partial charge on any atom is -0.481 e. The second-order valence-corrected chi connectivity index (χ2v) is 5.13. The Morgan fingerprint density at radius 3 is 2.35 bits per heavy atom. The van der Waals surface area contributed by atoms with Crippen LogP contribution in [-0.2, 0) is 11.2 Å². The monoisotopic (exact) mass is 319 g/mol. The van der Waals surface area contributed by atoms with Crippen LogP contribution in [0.1, 0.15) is 25.8 Å². The molecule has 0 aromatic heterocycles. The Hall–Kier alpha value is -2.43. The first-order valence-electron chi connectivity index (χ1n) is 7.55. The number of halogens is 2. The van der Waals surface area contributed by atoms with E-state index in [9.17, 15) is 13.6 Å². The molecule has 0 bridgehead atoms. The van der Waals surface area contributed by atoms with Gasteiger partial charge in [-0.2, -0.15) is 0 Å². The summed E-state index contributed by atoms with van der Waals surface area (Å²) in [5.41, 5.74) is 1.37. The summed E-state index contributed by atoms with van der Waals surface area (Å²) in [6.07, 6.45) is 0.662. The fourth-order valence-electron chi connectivity index (χ4n) is 2.09. The highest BCUT2D eigenvalue weighted by atomic mass is 19.2. The molecule has 1 N–H and O–H groups in total. The second-order valence-electron chi connectivity index (χ2n) is 5.13. The van der Waals surface area contributed by atoms with Gasteiger partial charge >= 0.3 is 0 Å². The fraction of sp³-hybridized carbons (Fsp3) is 0.278.